The summed E-state index contributed by atoms with van der Waals surface area (Å²) in [6, 6.07) is 1.13. The first-order chi connectivity index (χ1) is 14.1. The highest BCUT2D eigenvalue weighted by Gasteiger charge is 2.62. The predicted octanol–water partition coefficient (Wildman–Crippen LogP) is 0.416. The van der Waals surface area contributed by atoms with Gasteiger partial charge in [0.25, 0.3) is 5.56 Å². The van der Waals surface area contributed by atoms with Crippen LogP contribution in [-0.4, -0.2) is 58.9 Å². The number of nitrogens with one attached hydrogen (secondary N) is 1. The van der Waals surface area contributed by atoms with E-state index in [-0.39, 0.29) is 6.42 Å². The molecule has 0 amide bonds. The molecular weight excluding hydrogens is 464 g/mol. The van der Waals surface area contributed by atoms with Crippen molar-refractivity contribution in [1.29, 1.82) is 0 Å². The number of aromatic nitrogens is 2. The molecule has 16 heteroatoms. The van der Waals surface area contributed by atoms with E-state index in [1.807, 2.05) is 0 Å². The Hall–Kier alpha value is -0.790. The van der Waals surface area contributed by atoms with Crippen molar-refractivity contribution in [2.75, 3.05) is 20.5 Å². The number of rotatable bonds is 9. The van der Waals surface area contributed by atoms with E-state index in [2.05, 4.69) is 9.61 Å². The minimum absolute atomic E-state index is 0.281. The van der Waals surface area contributed by atoms with Gasteiger partial charge in [0.1, 0.15) is 12.2 Å². The summed E-state index contributed by atoms with van der Waals surface area (Å²) in [6.07, 6.45) is -1.04. The van der Waals surface area contributed by atoms with Gasteiger partial charge >= 0.3 is 20.1 Å². The van der Waals surface area contributed by atoms with Gasteiger partial charge in [-0.15, -0.1) is 0 Å². The van der Waals surface area contributed by atoms with Crippen LogP contribution in [0.1, 0.15) is 12.6 Å². The van der Waals surface area contributed by atoms with E-state index >= 15 is 0 Å². The highest BCUT2D eigenvalue weighted by Crippen LogP contribution is 2.66. The van der Waals surface area contributed by atoms with Crippen LogP contribution in [0.4, 0.5) is 0 Å². The summed E-state index contributed by atoms with van der Waals surface area (Å²) >= 11 is 0.749. The molecular formula is C14H23N3O10P2S. The lowest BCUT2D eigenvalue weighted by molar-refractivity contribution is -0.0571. The van der Waals surface area contributed by atoms with Crippen molar-refractivity contribution in [1.82, 2.24) is 9.55 Å². The van der Waals surface area contributed by atoms with Crippen molar-refractivity contribution in [3.8, 4) is 0 Å². The van der Waals surface area contributed by atoms with Gasteiger partial charge in [-0.05, 0) is 24.1 Å². The Labute approximate surface area is 174 Å². The van der Waals surface area contributed by atoms with E-state index in [4.69, 9.17) is 24.4 Å². The number of methoxy groups -OCH3 is 1. The van der Waals surface area contributed by atoms with Crippen molar-refractivity contribution in [3.63, 3.8) is 0 Å². The summed E-state index contributed by atoms with van der Waals surface area (Å²) in [5, 5.41) is 0. The van der Waals surface area contributed by atoms with Crippen LogP contribution in [0.25, 0.3) is 0 Å². The maximum absolute atomic E-state index is 12.7. The number of aromatic amines is 1. The third kappa shape index (κ3) is 4.53. The van der Waals surface area contributed by atoms with Crippen molar-refractivity contribution < 1.29 is 37.2 Å². The molecule has 30 heavy (non-hydrogen) atoms. The van der Waals surface area contributed by atoms with Gasteiger partial charge in [-0.3, -0.25) is 23.4 Å². The number of H-pyrrole nitrogens is 1. The van der Waals surface area contributed by atoms with Crippen molar-refractivity contribution in [3.05, 3.63) is 33.1 Å². The molecule has 170 valence electrons. The molecule has 0 radical (unpaired) electrons. The first-order valence-electron chi connectivity index (χ1n) is 8.71. The molecule has 2 aliphatic rings. The number of nitrogens with zero attached hydrogens (tertiary/aromatic N) is 1. The van der Waals surface area contributed by atoms with Gasteiger partial charge in [-0.25, -0.2) is 19.9 Å². The second-order valence-corrected chi connectivity index (χ2v) is 13.0. The Morgan fingerprint density at radius 3 is 2.57 bits per heavy atom. The lowest BCUT2D eigenvalue weighted by atomic mass is 10.1. The molecule has 3 rings (SSSR count). The maximum atomic E-state index is 12.7. The van der Waals surface area contributed by atoms with Crippen LogP contribution in [0.2, 0.25) is 0 Å². The topological polar surface area (TPSA) is 181 Å². The van der Waals surface area contributed by atoms with Crippen molar-refractivity contribution in [2.45, 2.75) is 36.6 Å². The number of nitrogens with two attached hydrogens (primary N) is 1. The summed E-state index contributed by atoms with van der Waals surface area (Å²) in [6.45, 7) is -3.81. The van der Waals surface area contributed by atoms with E-state index in [1.165, 1.54) is 19.6 Å². The molecule has 1 aromatic heterocycles. The Morgan fingerprint density at radius 2 is 2.03 bits per heavy atom. The van der Waals surface area contributed by atoms with Gasteiger partial charge in [0, 0.05) is 32.4 Å². The fourth-order valence-electron chi connectivity index (χ4n) is 3.56. The SMILES string of the molecule is COC1C(OP(=O)(ON)SC)C(C2CC2P(=O)(O)OC)OC1n1ccc(=O)[nH]c1=O. The third-order valence-corrected chi connectivity index (χ3v) is 10.2. The Kier molecular flexibility index (Phi) is 7.15. The van der Waals surface area contributed by atoms with Crippen LogP contribution in [0.3, 0.4) is 0 Å². The highest BCUT2D eigenvalue weighted by atomic mass is 32.7. The molecule has 13 nitrogen and oxygen atoms in total. The molecule has 2 heterocycles. The zero-order chi connectivity index (χ0) is 22.3. The summed E-state index contributed by atoms with van der Waals surface area (Å²) in [4.78, 5) is 35.8. The molecule has 2 fully saturated rings. The molecule has 4 N–H and O–H groups in total. The summed E-state index contributed by atoms with van der Waals surface area (Å²) in [5.74, 6) is 4.63. The molecule has 0 spiro atoms. The molecule has 0 aromatic carbocycles. The second kappa shape index (κ2) is 8.99. The second-order valence-electron chi connectivity index (χ2n) is 6.73. The molecule has 1 saturated heterocycles. The molecule has 1 aliphatic carbocycles. The first-order valence-corrected chi connectivity index (χ1v) is 13.7. The van der Waals surface area contributed by atoms with E-state index in [1.54, 1.807) is 0 Å². The normalized spacial score (nSPS) is 35.0. The quantitative estimate of drug-likeness (QED) is 0.323. The lowest BCUT2D eigenvalue weighted by Gasteiger charge is -2.26. The lowest BCUT2D eigenvalue weighted by Crippen LogP contribution is -2.39. The number of hydrogen-bond acceptors (Lipinski definition) is 11. The largest absolute Gasteiger partial charge is 0.405 e. The van der Waals surface area contributed by atoms with Crippen LogP contribution < -0.4 is 17.1 Å². The smallest absolute Gasteiger partial charge is 0.374 e. The van der Waals surface area contributed by atoms with Crippen molar-refractivity contribution in [2.24, 2.45) is 11.8 Å². The average Bonchev–Trinajstić information content (AvgIpc) is 3.45. The molecule has 0 bridgehead atoms. The monoisotopic (exact) mass is 487 g/mol. The standard InChI is InChI=1S/C14H23N3O10P2S/c1-23-12-11(26-29(22,27-15)30-3)10(7-6-8(7)28(20,21)24-2)25-13(12)17-5-4-9(18)16-14(17)19/h4-5,7-8,10-13H,6,15H2,1-3H3,(H,20,21)(H,16,18,19). The van der Waals surface area contributed by atoms with Gasteiger partial charge in [0.15, 0.2) is 6.23 Å². The Bertz CT molecular complexity index is 977. The average molecular weight is 487 g/mol. The van der Waals surface area contributed by atoms with Gasteiger partial charge in [0.05, 0.1) is 11.8 Å². The van der Waals surface area contributed by atoms with Crippen LogP contribution in [0.5, 0.6) is 0 Å². The van der Waals surface area contributed by atoms with Gasteiger partial charge in [0.2, 0.25) is 0 Å². The Balaban J connectivity index is 1.98. The molecule has 1 aliphatic heterocycles. The van der Waals surface area contributed by atoms with E-state index in [0.717, 1.165) is 29.1 Å². The van der Waals surface area contributed by atoms with E-state index in [9.17, 15) is 23.6 Å². The van der Waals surface area contributed by atoms with Crippen LogP contribution in [-0.2, 0) is 32.3 Å². The zero-order valence-electron chi connectivity index (χ0n) is 16.3. The van der Waals surface area contributed by atoms with E-state index < -0.39 is 61.8 Å². The van der Waals surface area contributed by atoms with Gasteiger partial charge in [-0.2, -0.15) is 0 Å². The third-order valence-electron chi connectivity index (χ3n) is 5.13. The van der Waals surface area contributed by atoms with Crippen molar-refractivity contribution >= 4 is 25.8 Å². The number of ether oxygens (including phenoxy) is 2. The first kappa shape index (κ1) is 23.9. The van der Waals surface area contributed by atoms with Crippen LogP contribution in [0.15, 0.2) is 21.9 Å². The Morgan fingerprint density at radius 1 is 1.33 bits per heavy atom. The maximum Gasteiger partial charge on any atom is 0.405 e. The fourth-order valence-corrected chi connectivity index (χ4v) is 6.56. The minimum atomic E-state index is -3.89. The molecule has 1 saturated carbocycles. The number of hydrogen-bond donors (Lipinski definition) is 3. The minimum Gasteiger partial charge on any atom is -0.374 e. The fraction of sp³-hybridized carbons (Fsp3) is 0.714. The summed E-state index contributed by atoms with van der Waals surface area (Å²) < 4.78 is 52.3. The predicted molar refractivity (Wildman–Crippen MR) is 106 cm³/mol. The molecule has 1 aromatic rings. The van der Waals surface area contributed by atoms with Gasteiger partial charge in [-0.1, -0.05) is 0 Å². The zero-order valence-corrected chi connectivity index (χ0v) is 18.9. The van der Waals surface area contributed by atoms with Gasteiger partial charge < -0.3 is 18.9 Å². The molecule has 8 atom stereocenters. The van der Waals surface area contributed by atoms with E-state index in [0.29, 0.717) is 0 Å². The summed E-state index contributed by atoms with van der Waals surface area (Å²) in [5.41, 5.74) is -2.08. The highest BCUT2D eigenvalue weighted by molar-refractivity contribution is 8.54. The van der Waals surface area contributed by atoms with Crippen LogP contribution >= 0.6 is 25.8 Å². The molecule has 8 unspecified atom stereocenters. The summed E-state index contributed by atoms with van der Waals surface area (Å²) in [7, 11) is -1.43. The van der Waals surface area contributed by atoms with Crippen LogP contribution in [0, 0.1) is 5.92 Å².